The highest BCUT2D eigenvalue weighted by Gasteiger charge is 2.75. The van der Waals surface area contributed by atoms with E-state index in [0.29, 0.717) is 6.42 Å². The van der Waals surface area contributed by atoms with Gasteiger partial charge in [0.2, 0.25) is 0 Å². The van der Waals surface area contributed by atoms with E-state index >= 15 is 0 Å². The first-order chi connectivity index (χ1) is 13.2. The Morgan fingerprint density at radius 2 is 1.55 bits per heavy atom. The van der Waals surface area contributed by atoms with Crippen molar-refractivity contribution >= 4 is 11.9 Å². The summed E-state index contributed by atoms with van der Waals surface area (Å²) in [6.07, 6.45) is -2.92. The summed E-state index contributed by atoms with van der Waals surface area (Å²) in [5.41, 5.74) is 0. The number of carbonyl (C=O) groups is 2. The Bertz CT molecular complexity index is 552. The van der Waals surface area contributed by atoms with Gasteiger partial charge in [-0.1, -0.05) is 32.4 Å². The minimum absolute atomic E-state index is 0.465. The molecule has 0 aromatic heterocycles. The Hall–Kier alpha value is -1.88. The van der Waals surface area contributed by atoms with Gasteiger partial charge in [-0.25, -0.2) is 8.78 Å². The molecule has 0 N–H and O–H groups in total. The van der Waals surface area contributed by atoms with Gasteiger partial charge in [-0.3, -0.25) is 9.59 Å². The third kappa shape index (κ3) is 7.81. The molecule has 12 heteroatoms. The van der Waals surface area contributed by atoms with Crippen LogP contribution in [-0.2, 0) is 19.1 Å². The number of esters is 2. The van der Waals surface area contributed by atoms with Gasteiger partial charge in [0.1, 0.15) is 6.10 Å². The second-order valence-electron chi connectivity index (χ2n) is 6.12. The molecule has 170 valence electrons. The van der Waals surface area contributed by atoms with Crippen molar-refractivity contribution in [3.8, 4) is 0 Å². The van der Waals surface area contributed by atoms with Crippen molar-refractivity contribution in [1.29, 1.82) is 0 Å². The van der Waals surface area contributed by atoms with Gasteiger partial charge >= 0.3 is 36.1 Å². The van der Waals surface area contributed by atoms with Gasteiger partial charge in [-0.05, 0) is 12.8 Å². The van der Waals surface area contributed by atoms with Gasteiger partial charge in [-0.2, -0.15) is 26.3 Å². The van der Waals surface area contributed by atoms with Gasteiger partial charge in [0.25, 0.3) is 0 Å². The van der Waals surface area contributed by atoms with Crippen LogP contribution < -0.4 is 0 Å². The molecule has 0 heterocycles. The molecule has 0 spiro atoms. The quantitative estimate of drug-likeness (QED) is 0.161. The van der Waals surface area contributed by atoms with E-state index in [2.05, 4.69) is 11.3 Å². The SMILES string of the molecule is C=CC(CCCCC)OC(=O)CCC(=O)OCC(F)(F)C(F)(F)C(F)(F)C(F)F. The third-order valence-corrected chi connectivity index (χ3v) is 3.74. The summed E-state index contributed by atoms with van der Waals surface area (Å²) in [5.74, 6) is -21.1. The normalized spacial score (nSPS) is 13.9. The van der Waals surface area contributed by atoms with Crippen LogP contribution in [0.1, 0.15) is 45.4 Å². The molecule has 1 atom stereocenters. The summed E-state index contributed by atoms with van der Waals surface area (Å²) < 4.78 is 111. The van der Waals surface area contributed by atoms with Crippen LogP contribution in [0.25, 0.3) is 0 Å². The predicted molar refractivity (Wildman–Crippen MR) is 85.3 cm³/mol. The van der Waals surface area contributed by atoms with Crippen molar-refractivity contribution in [2.75, 3.05) is 6.61 Å². The summed E-state index contributed by atoms with van der Waals surface area (Å²) in [4.78, 5) is 22.9. The van der Waals surface area contributed by atoms with Crippen molar-refractivity contribution in [2.24, 2.45) is 0 Å². The highest BCUT2D eigenvalue weighted by molar-refractivity contribution is 5.77. The first-order valence-electron chi connectivity index (χ1n) is 8.62. The van der Waals surface area contributed by atoms with Gasteiger partial charge in [0.15, 0.2) is 6.61 Å². The maximum absolute atomic E-state index is 13.2. The summed E-state index contributed by atoms with van der Waals surface area (Å²) in [6.45, 7) is 2.85. The lowest BCUT2D eigenvalue weighted by Crippen LogP contribution is -2.59. The van der Waals surface area contributed by atoms with Crippen LogP contribution in [0.2, 0.25) is 0 Å². The molecule has 29 heavy (non-hydrogen) atoms. The van der Waals surface area contributed by atoms with Crippen LogP contribution in [-0.4, -0.2) is 48.8 Å². The number of unbranched alkanes of at least 4 members (excludes halogenated alkanes) is 2. The van der Waals surface area contributed by atoms with Gasteiger partial charge in [0, 0.05) is 0 Å². The van der Waals surface area contributed by atoms with Crippen LogP contribution in [0.3, 0.4) is 0 Å². The fraction of sp³-hybridized carbons (Fsp3) is 0.765. The van der Waals surface area contributed by atoms with Crippen LogP contribution in [0, 0.1) is 0 Å². The summed E-state index contributed by atoms with van der Waals surface area (Å²) in [7, 11) is 0. The number of alkyl halides is 8. The van der Waals surface area contributed by atoms with E-state index in [1.54, 1.807) is 0 Å². The zero-order chi connectivity index (χ0) is 22.9. The fourth-order valence-electron chi connectivity index (χ4n) is 1.97. The Morgan fingerprint density at radius 1 is 1.00 bits per heavy atom. The van der Waals surface area contributed by atoms with Gasteiger partial charge in [0.05, 0.1) is 12.8 Å². The lowest BCUT2D eigenvalue weighted by Gasteiger charge is -2.31. The number of halogens is 8. The highest BCUT2D eigenvalue weighted by Crippen LogP contribution is 2.48. The van der Waals surface area contributed by atoms with Crippen molar-refractivity contribution in [3.05, 3.63) is 12.7 Å². The minimum atomic E-state index is -6.47. The molecule has 1 unspecified atom stereocenters. The van der Waals surface area contributed by atoms with Gasteiger partial charge < -0.3 is 9.47 Å². The Kier molecular flexibility index (Phi) is 10.6. The molecule has 0 fully saturated rings. The second-order valence-corrected chi connectivity index (χ2v) is 6.12. The number of rotatable bonds is 14. The summed E-state index contributed by atoms with van der Waals surface area (Å²) >= 11 is 0. The molecule has 0 aliphatic heterocycles. The first kappa shape index (κ1) is 27.1. The van der Waals surface area contributed by atoms with E-state index in [0.717, 1.165) is 19.3 Å². The van der Waals surface area contributed by atoms with Crippen LogP contribution in [0.15, 0.2) is 12.7 Å². The van der Waals surface area contributed by atoms with E-state index in [1.165, 1.54) is 6.08 Å². The lowest BCUT2D eigenvalue weighted by atomic mass is 10.1. The van der Waals surface area contributed by atoms with E-state index < -0.39 is 61.7 Å². The number of hydrogen-bond acceptors (Lipinski definition) is 4. The molecule has 0 aliphatic carbocycles. The molecule has 0 amide bonds. The molecular formula is C17H22F8O4. The maximum atomic E-state index is 13.2. The van der Waals surface area contributed by atoms with Crippen molar-refractivity contribution < 1.29 is 54.2 Å². The average molecular weight is 442 g/mol. The smallest absolute Gasteiger partial charge is 0.381 e. The molecule has 0 aromatic carbocycles. The molecular weight excluding hydrogens is 420 g/mol. The Balaban J connectivity index is 4.58. The Labute approximate surface area is 162 Å². The molecule has 0 aliphatic rings. The van der Waals surface area contributed by atoms with Crippen LogP contribution in [0.5, 0.6) is 0 Å². The molecule has 0 bridgehead atoms. The predicted octanol–water partition coefficient (Wildman–Crippen LogP) is 5.16. The molecule has 0 saturated heterocycles. The van der Waals surface area contributed by atoms with Gasteiger partial charge in [-0.15, -0.1) is 0 Å². The Morgan fingerprint density at radius 3 is 2.03 bits per heavy atom. The average Bonchev–Trinajstić information content (AvgIpc) is 2.63. The number of ether oxygens (including phenoxy) is 2. The second kappa shape index (κ2) is 11.3. The minimum Gasteiger partial charge on any atom is -0.459 e. The van der Waals surface area contributed by atoms with Crippen molar-refractivity contribution in [1.82, 2.24) is 0 Å². The zero-order valence-electron chi connectivity index (χ0n) is 15.5. The van der Waals surface area contributed by atoms with Crippen molar-refractivity contribution in [3.63, 3.8) is 0 Å². The van der Waals surface area contributed by atoms with Crippen molar-refractivity contribution in [2.45, 2.75) is 75.7 Å². The highest BCUT2D eigenvalue weighted by atomic mass is 19.4. The first-order valence-corrected chi connectivity index (χ1v) is 8.62. The largest absolute Gasteiger partial charge is 0.459 e. The van der Waals surface area contributed by atoms with E-state index in [9.17, 15) is 44.7 Å². The molecule has 0 aromatic rings. The number of carbonyl (C=O) groups excluding carboxylic acids is 2. The van der Waals surface area contributed by atoms with Crippen LogP contribution >= 0.6 is 0 Å². The molecule has 0 rings (SSSR count). The summed E-state index contributed by atoms with van der Waals surface area (Å²) in [5, 5.41) is 0. The fourth-order valence-corrected chi connectivity index (χ4v) is 1.97. The zero-order valence-corrected chi connectivity index (χ0v) is 15.5. The lowest BCUT2D eigenvalue weighted by molar-refractivity contribution is -0.344. The molecule has 0 saturated carbocycles. The molecule has 4 nitrogen and oxygen atoms in total. The standard InChI is InChI=1S/C17H22F8O4/c1-3-5-6-7-11(4-2)29-13(27)9-8-12(26)28-10-15(20,21)17(24,25)16(22,23)14(18)19/h4,11,14H,2-3,5-10H2,1H3. The topological polar surface area (TPSA) is 52.6 Å². The molecule has 0 radical (unpaired) electrons. The maximum Gasteiger partial charge on any atom is 0.381 e. The van der Waals surface area contributed by atoms with E-state index in [4.69, 9.17) is 4.74 Å². The van der Waals surface area contributed by atoms with Crippen LogP contribution in [0.4, 0.5) is 35.1 Å². The summed E-state index contributed by atoms with van der Waals surface area (Å²) in [6, 6.07) is 0. The monoisotopic (exact) mass is 442 g/mol. The number of hydrogen-bond donors (Lipinski definition) is 0. The van der Waals surface area contributed by atoms with E-state index in [1.807, 2.05) is 6.92 Å². The third-order valence-electron chi connectivity index (χ3n) is 3.74. The van der Waals surface area contributed by atoms with E-state index in [-0.39, 0.29) is 0 Å².